The minimum atomic E-state index is -0.448. The maximum absolute atomic E-state index is 12.9. The van der Waals surface area contributed by atoms with Crippen molar-refractivity contribution in [2.45, 2.75) is 38.0 Å². The van der Waals surface area contributed by atoms with Crippen molar-refractivity contribution in [2.24, 2.45) is 0 Å². The highest BCUT2D eigenvalue weighted by Gasteiger charge is 2.20. The molecule has 1 N–H and O–H groups in total. The van der Waals surface area contributed by atoms with Crippen LogP contribution in [0.15, 0.2) is 29.3 Å². The van der Waals surface area contributed by atoms with Gasteiger partial charge in [-0.3, -0.25) is 4.79 Å². The first kappa shape index (κ1) is 18.0. The topological polar surface area (TPSA) is 65.8 Å². The Labute approximate surface area is 145 Å². The van der Waals surface area contributed by atoms with E-state index in [0.717, 1.165) is 16.8 Å². The van der Waals surface area contributed by atoms with Gasteiger partial charge in [-0.1, -0.05) is 11.8 Å². The summed E-state index contributed by atoms with van der Waals surface area (Å²) < 4.78 is 12.9. The van der Waals surface area contributed by atoms with Gasteiger partial charge in [0.1, 0.15) is 16.9 Å². The van der Waals surface area contributed by atoms with Crippen molar-refractivity contribution in [3.8, 4) is 6.07 Å². The zero-order chi connectivity index (χ0) is 17.9. The fourth-order valence-corrected chi connectivity index (χ4v) is 3.13. The summed E-state index contributed by atoms with van der Waals surface area (Å²) in [7, 11) is 0. The number of benzene rings is 1. The molecule has 0 saturated carbocycles. The summed E-state index contributed by atoms with van der Waals surface area (Å²) in [4.78, 5) is 16.8. The number of nitrogens with one attached hydrogen (secondary N) is 1. The molecule has 124 valence electrons. The molecule has 2 rings (SSSR count). The number of hydrogen-bond acceptors (Lipinski definition) is 4. The van der Waals surface area contributed by atoms with Crippen LogP contribution >= 0.6 is 11.8 Å². The molecule has 1 heterocycles. The predicted molar refractivity (Wildman–Crippen MR) is 93.5 cm³/mol. The van der Waals surface area contributed by atoms with E-state index < -0.39 is 5.25 Å². The van der Waals surface area contributed by atoms with E-state index in [0.29, 0.717) is 16.3 Å². The molecule has 24 heavy (non-hydrogen) atoms. The number of hydrogen-bond donors (Lipinski definition) is 1. The molecular formula is C18H18FN3OS. The molecule has 0 aliphatic rings. The minimum absolute atomic E-state index is 0.229. The van der Waals surface area contributed by atoms with E-state index in [1.165, 1.54) is 36.0 Å². The van der Waals surface area contributed by atoms with Gasteiger partial charge >= 0.3 is 0 Å². The summed E-state index contributed by atoms with van der Waals surface area (Å²) in [5, 5.41) is 12.2. The number of aryl methyl sites for hydroxylation is 1. The van der Waals surface area contributed by atoms with Crippen LogP contribution in [0, 0.1) is 37.9 Å². The van der Waals surface area contributed by atoms with Crippen molar-refractivity contribution in [3.05, 3.63) is 52.5 Å². The van der Waals surface area contributed by atoms with Gasteiger partial charge in [-0.25, -0.2) is 9.37 Å². The summed E-state index contributed by atoms with van der Waals surface area (Å²) in [6.45, 7) is 7.45. The van der Waals surface area contributed by atoms with Crippen LogP contribution in [0.2, 0.25) is 0 Å². The molecule has 0 bridgehead atoms. The Morgan fingerprint density at radius 3 is 2.46 bits per heavy atom. The molecule has 0 radical (unpaired) electrons. The normalized spacial score (nSPS) is 11.7. The third-order valence-corrected chi connectivity index (χ3v) is 4.93. The van der Waals surface area contributed by atoms with Crippen LogP contribution in [0.5, 0.6) is 0 Å². The number of pyridine rings is 1. The summed E-state index contributed by atoms with van der Waals surface area (Å²) in [6, 6.07) is 7.76. The molecule has 1 atom stereocenters. The molecule has 1 aromatic heterocycles. The predicted octanol–water partition coefficient (Wildman–Crippen LogP) is 4.14. The van der Waals surface area contributed by atoms with Crippen molar-refractivity contribution in [2.75, 3.05) is 5.32 Å². The highest BCUT2D eigenvalue weighted by Crippen LogP contribution is 2.29. The number of nitrogens with zero attached hydrogens (tertiary/aromatic N) is 2. The largest absolute Gasteiger partial charge is 0.325 e. The second kappa shape index (κ2) is 7.45. The van der Waals surface area contributed by atoms with Gasteiger partial charge in [0.05, 0.1) is 10.8 Å². The van der Waals surface area contributed by atoms with Crippen LogP contribution in [-0.2, 0) is 4.79 Å². The van der Waals surface area contributed by atoms with E-state index in [9.17, 15) is 14.4 Å². The average molecular weight is 343 g/mol. The number of carbonyl (C=O) groups is 1. The molecule has 0 aliphatic carbocycles. The lowest BCUT2D eigenvalue weighted by atomic mass is 10.1. The third kappa shape index (κ3) is 3.92. The van der Waals surface area contributed by atoms with E-state index in [2.05, 4.69) is 16.4 Å². The molecule has 0 saturated heterocycles. The van der Waals surface area contributed by atoms with Crippen LogP contribution < -0.4 is 5.32 Å². The number of thioether (sulfide) groups is 1. The van der Waals surface area contributed by atoms with Gasteiger partial charge in [-0.2, -0.15) is 5.26 Å². The van der Waals surface area contributed by atoms with Crippen LogP contribution in [0.25, 0.3) is 0 Å². The maximum Gasteiger partial charge on any atom is 0.237 e. The van der Waals surface area contributed by atoms with Crippen molar-refractivity contribution in [1.29, 1.82) is 5.26 Å². The summed E-state index contributed by atoms with van der Waals surface area (Å²) >= 11 is 1.24. The van der Waals surface area contributed by atoms with Crippen molar-refractivity contribution in [1.82, 2.24) is 4.98 Å². The van der Waals surface area contributed by atoms with Crippen LogP contribution in [0.1, 0.15) is 29.3 Å². The summed E-state index contributed by atoms with van der Waals surface area (Å²) in [5.41, 5.74) is 3.75. The van der Waals surface area contributed by atoms with Gasteiger partial charge in [0.15, 0.2) is 0 Å². The number of nitriles is 1. The highest BCUT2D eigenvalue weighted by atomic mass is 32.2. The first-order valence-electron chi connectivity index (χ1n) is 7.44. The van der Waals surface area contributed by atoms with Gasteiger partial charge < -0.3 is 5.32 Å². The van der Waals surface area contributed by atoms with Gasteiger partial charge in [0.25, 0.3) is 0 Å². The Balaban J connectivity index is 2.17. The molecule has 2 aromatic rings. The van der Waals surface area contributed by atoms with Gasteiger partial charge in [0, 0.05) is 11.4 Å². The average Bonchev–Trinajstić information content (AvgIpc) is 2.55. The number of halogens is 1. The molecule has 1 amide bonds. The maximum atomic E-state index is 12.9. The molecule has 6 heteroatoms. The molecule has 0 spiro atoms. The van der Waals surface area contributed by atoms with E-state index in [-0.39, 0.29) is 11.7 Å². The first-order chi connectivity index (χ1) is 11.3. The van der Waals surface area contributed by atoms with Gasteiger partial charge in [-0.15, -0.1) is 0 Å². The third-order valence-electron chi connectivity index (χ3n) is 3.84. The molecule has 0 fully saturated rings. The number of carbonyl (C=O) groups excluding carboxylic acids is 1. The van der Waals surface area contributed by atoms with E-state index in [1.54, 1.807) is 6.92 Å². The molecular weight excluding hydrogens is 325 g/mol. The SMILES string of the molecule is Cc1nc(S[C@H](C)C(=O)Nc2ccc(F)cc2)c(C#N)c(C)c1C. The van der Waals surface area contributed by atoms with Gasteiger partial charge in [0.2, 0.25) is 5.91 Å². The van der Waals surface area contributed by atoms with Crippen LogP contribution in [0.4, 0.5) is 10.1 Å². The molecule has 0 unspecified atom stereocenters. The van der Waals surface area contributed by atoms with E-state index in [1.807, 2.05) is 20.8 Å². The second-order valence-electron chi connectivity index (χ2n) is 5.50. The van der Waals surface area contributed by atoms with Gasteiger partial charge in [-0.05, 0) is 63.1 Å². The summed E-state index contributed by atoms with van der Waals surface area (Å²) in [5.74, 6) is -0.586. The second-order valence-corrected chi connectivity index (χ2v) is 6.82. The quantitative estimate of drug-likeness (QED) is 0.848. The first-order valence-corrected chi connectivity index (χ1v) is 8.32. The monoisotopic (exact) mass is 343 g/mol. The lowest BCUT2D eigenvalue weighted by Gasteiger charge is -2.15. The number of aromatic nitrogens is 1. The van der Waals surface area contributed by atoms with E-state index >= 15 is 0 Å². The van der Waals surface area contributed by atoms with Crippen molar-refractivity contribution < 1.29 is 9.18 Å². The molecule has 1 aromatic carbocycles. The Kier molecular flexibility index (Phi) is 5.58. The molecule has 0 aliphatic heterocycles. The lowest BCUT2D eigenvalue weighted by Crippen LogP contribution is -2.22. The highest BCUT2D eigenvalue weighted by molar-refractivity contribution is 8.00. The van der Waals surface area contributed by atoms with Crippen LogP contribution in [-0.4, -0.2) is 16.1 Å². The fourth-order valence-electron chi connectivity index (χ4n) is 2.13. The Morgan fingerprint density at radius 1 is 1.25 bits per heavy atom. The smallest absolute Gasteiger partial charge is 0.237 e. The van der Waals surface area contributed by atoms with Crippen molar-refractivity contribution >= 4 is 23.4 Å². The zero-order valence-electron chi connectivity index (χ0n) is 14.0. The Morgan fingerprint density at radius 2 is 1.88 bits per heavy atom. The fraction of sp³-hybridized carbons (Fsp3) is 0.278. The van der Waals surface area contributed by atoms with E-state index in [4.69, 9.17) is 0 Å². The van der Waals surface area contributed by atoms with Crippen molar-refractivity contribution in [3.63, 3.8) is 0 Å². The number of anilines is 1. The number of amides is 1. The number of rotatable bonds is 4. The standard InChI is InChI=1S/C18H18FN3OS/c1-10-11(2)16(9-20)18(21-12(10)3)24-13(4)17(23)22-15-7-5-14(19)6-8-15/h5-8,13H,1-4H3,(H,22,23)/t13-/m1/s1. The Hall–Kier alpha value is -2.39. The Bertz CT molecular complexity index is 812. The summed E-state index contributed by atoms with van der Waals surface area (Å²) in [6.07, 6.45) is 0. The zero-order valence-corrected chi connectivity index (χ0v) is 14.8. The lowest BCUT2D eigenvalue weighted by molar-refractivity contribution is -0.115. The van der Waals surface area contributed by atoms with Crippen LogP contribution in [0.3, 0.4) is 0 Å². The molecule has 4 nitrogen and oxygen atoms in total. The minimum Gasteiger partial charge on any atom is -0.325 e.